The highest BCUT2D eigenvalue weighted by atomic mass is 127. The second kappa shape index (κ2) is 6.43. The minimum atomic E-state index is -0.368. The third-order valence-electron chi connectivity index (χ3n) is 3.45. The summed E-state index contributed by atoms with van der Waals surface area (Å²) in [5.74, 6) is -0.430. The average molecular weight is 399 g/mol. The van der Waals surface area contributed by atoms with Crippen LogP contribution < -0.4 is 0 Å². The van der Waals surface area contributed by atoms with E-state index in [0.717, 1.165) is 0 Å². The summed E-state index contributed by atoms with van der Waals surface area (Å²) in [6, 6.07) is 10.7. The van der Waals surface area contributed by atoms with Crippen LogP contribution >= 0.6 is 22.6 Å². The van der Waals surface area contributed by atoms with Crippen LogP contribution in [0.1, 0.15) is 28.9 Å². The van der Waals surface area contributed by atoms with Gasteiger partial charge in [-0.25, -0.2) is 4.39 Å². The molecule has 1 amide bonds. The third kappa shape index (κ3) is 3.34. The molecule has 0 aliphatic heterocycles. The Hall–Kier alpha value is -1.63. The fourth-order valence-corrected chi connectivity index (χ4v) is 2.79. The van der Waals surface area contributed by atoms with E-state index in [1.165, 1.54) is 23.1 Å². The SMILES string of the molecule is CC(c1ccccc1O)N(C)C(=O)c1ccc(F)cc1I. The number of aromatic hydroxyl groups is 1. The molecular formula is C16H15FINO2. The first kappa shape index (κ1) is 15.8. The fourth-order valence-electron chi connectivity index (χ4n) is 2.08. The number of benzene rings is 2. The van der Waals surface area contributed by atoms with Crippen molar-refractivity contribution in [2.24, 2.45) is 0 Å². The predicted octanol–water partition coefficient (Wildman–Crippen LogP) is 3.97. The van der Waals surface area contributed by atoms with Gasteiger partial charge in [0.2, 0.25) is 0 Å². The topological polar surface area (TPSA) is 40.5 Å². The lowest BCUT2D eigenvalue weighted by molar-refractivity contribution is 0.0740. The molecule has 2 aromatic carbocycles. The average Bonchev–Trinajstić information content (AvgIpc) is 2.45. The number of para-hydroxylation sites is 1. The summed E-state index contributed by atoms with van der Waals surface area (Å²) in [7, 11) is 1.67. The smallest absolute Gasteiger partial charge is 0.255 e. The number of hydrogen-bond donors (Lipinski definition) is 1. The lowest BCUT2D eigenvalue weighted by Crippen LogP contribution is -2.30. The molecule has 3 nitrogen and oxygen atoms in total. The Balaban J connectivity index is 2.29. The van der Waals surface area contributed by atoms with E-state index in [4.69, 9.17) is 0 Å². The summed E-state index contributed by atoms with van der Waals surface area (Å²) >= 11 is 1.94. The lowest BCUT2D eigenvalue weighted by atomic mass is 10.1. The Morgan fingerprint density at radius 3 is 2.57 bits per heavy atom. The zero-order chi connectivity index (χ0) is 15.6. The van der Waals surface area contributed by atoms with Gasteiger partial charge in [-0.3, -0.25) is 4.79 Å². The van der Waals surface area contributed by atoms with Crippen LogP contribution in [-0.2, 0) is 0 Å². The minimum absolute atomic E-state index is 0.151. The van der Waals surface area contributed by atoms with E-state index in [2.05, 4.69) is 0 Å². The molecule has 0 aliphatic rings. The van der Waals surface area contributed by atoms with Gasteiger partial charge in [-0.15, -0.1) is 0 Å². The van der Waals surface area contributed by atoms with Crippen molar-refractivity contribution in [2.75, 3.05) is 7.05 Å². The molecule has 1 unspecified atom stereocenters. The maximum absolute atomic E-state index is 13.1. The number of carbonyl (C=O) groups excluding carboxylic acids is 1. The van der Waals surface area contributed by atoms with Crippen molar-refractivity contribution < 1.29 is 14.3 Å². The molecule has 0 radical (unpaired) electrons. The first-order valence-electron chi connectivity index (χ1n) is 6.42. The molecular weight excluding hydrogens is 384 g/mol. The molecule has 0 spiro atoms. The van der Waals surface area contributed by atoms with Crippen LogP contribution in [0.15, 0.2) is 42.5 Å². The first-order chi connectivity index (χ1) is 9.91. The van der Waals surface area contributed by atoms with Gasteiger partial charge in [0.25, 0.3) is 5.91 Å². The van der Waals surface area contributed by atoms with Crippen LogP contribution in [0, 0.1) is 9.39 Å². The highest BCUT2D eigenvalue weighted by Gasteiger charge is 2.22. The maximum atomic E-state index is 13.1. The van der Waals surface area contributed by atoms with E-state index in [1.54, 1.807) is 25.2 Å². The maximum Gasteiger partial charge on any atom is 0.255 e. The number of hydrogen-bond acceptors (Lipinski definition) is 2. The van der Waals surface area contributed by atoms with Gasteiger partial charge in [0.15, 0.2) is 0 Å². The fraction of sp³-hybridized carbons (Fsp3) is 0.188. The van der Waals surface area contributed by atoms with Crippen molar-refractivity contribution in [3.05, 3.63) is 63.0 Å². The Kier molecular flexibility index (Phi) is 4.82. The van der Waals surface area contributed by atoms with E-state index in [0.29, 0.717) is 14.7 Å². The number of halogens is 2. The Labute approximate surface area is 136 Å². The molecule has 0 heterocycles. The summed E-state index contributed by atoms with van der Waals surface area (Å²) in [4.78, 5) is 14.1. The van der Waals surface area contributed by atoms with Crippen molar-refractivity contribution in [1.29, 1.82) is 0 Å². The minimum Gasteiger partial charge on any atom is -0.508 e. The third-order valence-corrected chi connectivity index (χ3v) is 4.34. The molecule has 0 fully saturated rings. The van der Waals surface area contributed by atoms with Gasteiger partial charge >= 0.3 is 0 Å². The van der Waals surface area contributed by atoms with Crippen molar-refractivity contribution in [3.8, 4) is 5.75 Å². The molecule has 0 saturated heterocycles. The summed E-state index contributed by atoms with van der Waals surface area (Å²) in [5, 5.41) is 9.88. The molecule has 1 N–H and O–H groups in total. The molecule has 110 valence electrons. The second-order valence-corrected chi connectivity index (χ2v) is 5.94. The Morgan fingerprint density at radius 2 is 1.95 bits per heavy atom. The van der Waals surface area contributed by atoms with Gasteiger partial charge < -0.3 is 10.0 Å². The van der Waals surface area contributed by atoms with E-state index in [-0.39, 0.29) is 23.5 Å². The van der Waals surface area contributed by atoms with E-state index < -0.39 is 0 Å². The molecule has 0 saturated carbocycles. The van der Waals surface area contributed by atoms with Gasteiger partial charge in [-0.2, -0.15) is 0 Å². The molecule has 2 rings (SSSR count). The zero-order valence-corrected chi connectivity index (χ0v) is 13.8. The van der Waals surface area contributed by atoms with Crippen molar-refractivity contribution >= 4 is 28.5 Å². The largest absolute Gasteiger partial charge is 0.508 e. The highest BCUT2D eigenvalue weighted by Crippen LogP contribution is 2.28. The van der Waals surface area contributed by atoms with Gasteiger partial charge in [0, 0.05) is 16.2 Å². The van der Waals surface area contributed by atoms with Gasteiger partial charge in [0.1, 0.15) is 11.6 Å². The van der Waals surface area contributed by atoms with Crippen molar-refractivity contribution in [3.63, 3.8) is 0 Å². The number of phenols is 1. The van der Waals surface area contributed by atoms with Crippen LogP contribution in [-0.4, -0.2) is 23.0 Å². The van der Waals surface area contributed by atoms with Crippen molar-refractivity contribution in [1.82, 2.24) is 4.90 Å². The van der Waals surface area contributed by atoms with Crippen LogP contribution in [0.25, 0.3) is 0 Å². The number of nitrogens with zero attached hydrogens (tertiary/aromatic N) is 1. The van der Waals surface area contributed by atoms with Crippen LogP contribution in [0.5, 0.6) is 5.75 Å². The monoisotopic (exact) mass is 399 g/mol. The van der Waals surface area contributed by atoms with Gasteiger partial charge in [-0.1, -0.05) is 18.2 Å². The molecule has 1 atom stereocenters. The first-order valence-corrected chi connectivity index (χ1v) is 7.49. The summed E-state index contributed by atoms with van der Waals surface area (Å²) < 4.78 is 13.7. The molecule has 0 aromatic heterocycles. The van der Waals surface area contributed by atoms with Gasteiger partial charge in [-0.05, 0) is 53.8 Å². The summed E-state index contributed by atoms with van der Waals surface area (Å²) in [6.45, 7) is 1.84. The molecule has 21 heavy (non-hydrogen) atoms. The van der Waals surface area contributed by atoms with Crippen LogP contribution in [0.2, 0.25) is 0 Å². The summed E-state index contributed by atoms with van der Waals surface area (Å²) in [5.41, 5.74) is 1.12. The number of phenolic OH excluding ortho intramolecular Hbond substituents is 1. The van der Waals surface area contributed by atoms with E-state index in [9.17, 15) is 14.3 Å². The highest BCUT2D eigenvalue weighted by molar-refractivity contribution is 14.1. The molecule has 2 aromatic rings. The van der Waals surface area contributed by atoms with Crippen molar-refractivity contribution in [2.45, 2.75) is 13.0 Å². The summed E-state index contributed by atoms with van der Waals surface area (Å²) in [6.07, 6.45) is 0. The lowest BCUT2D eigenvalue weighted by Gasteiger charge is -2.26. The quantitative estimate of drug-likeness (QED) is 0.794. The van der Waals surface area contributed by atoms with Gasteiger partial charge in [0.05, 0.1) is 11.6 Å². The molecule has 0 bridgehead atoms. The second-order valence-electron chi connectivity index (χ2n) is 4.78. The number of carbonyl (C=O) groups is 1. The van der Waals surface area contributed by atoms with E-state index in [1.807, 2.05) is 35.6 Å². The standard InChI is InChI=1S/C16H15FINO2/c1-10(12-5-3-4-6-15(12)20)19(2)16(21)13-8-7-11(17)9-14(13)18/h3-10,20H,1-2H3. The van der Waals surface area contributed by atoms with E-state index >= 15 is 0 Å². The van der Waals surface area contributed by atoms with Crippen LogP contribution in [0.4, 0.5) is 4.39 Å². The van der Waals surface area contributed by atoms with Crippen LogP contribution in [0.3, 0.4) is 0 Å². The molecule has 0 aliphatic carbocycles. The Bertz CT molecular complexity index is 675. The number of rotatable bonds is 3. The predicted molar refractivity (Wildman–Crippen MR) is 87.7 cm³/mol. The molecule has 5 heteroatoms. The zero-order valence-electron chi connectivity index (χ0n) is 11.7. The Morgan fingerprint density at radius 1 is 1.29 bits per heavy atom. The normalized spacial score (nSPS) is 12.0. The number of amides is 1.